The second-order valence-corrected chi connectivity index (χ2v) is 20.1. The SMILES string of the molecule is CO[C@H](C)CN1C(=O)C(=O)OC([C@@H](C)OC)NC2CCN(CC2)C[C@]23c4ccccc4[C@@H](c4ccc(Cl)cc42)C32[C@H]3c4ccccc4[C@]2(CN2CCC1CC2)c1cc(Cl)ccc13. The summed E-state index contributed by atoms with van der Waals surface area (Å²) in [5.41, 5.74) is 9.90. The summed E-state index contributed by atoms with van der Waals surface area (Å²) in [6, 6.07) is 32.1. The third-order valence-electron chi connectivity index (χ3n) is 16.6. The second kappa shape index (κ2) is 15.2. The van der Waals surface area contributed by atoms with Crippen LogP contribution in [0, 0.1) is 5.41 Å². The number of carbonyl (C=O) groups is 2. The highest BCUT2D eigenvalue weighted by atomic mass is 35.5. The van der Waals surface area contributed by atoms with Gasteiger partial charge in [-0.1, -0.05) is 83.9 Å². The Bertz CT molecular complexity index is 2450. The molecule has 6 heterocycles. The smallest absolute Gasteiger partial charge is 0.398 e. The van der Waals surface area contributed by atoms with E-state index in [9.17, 15) is 9.59 Å². The first-order valence-electron chi connectivity index (χ1n) is 22.6. The van der Waals surface area contributed by atoms with Gasteiger partial charge in [-0.15, -0.1) is 0 Å². The van der Waals surface area contributed by atoms with E-state index in [0.717, 1.165) is 62.2 Å². The Morgan fingerprint density at radius 1 is 0.694 bits per heavy atom. The van der Waals surface area contributed by atoms with Gasteiger partial charge in [-0.2, -0.15) is 0 Å². The van der Waals surface area contributed by atoms with E-state index in [0.29, 0.717) is 19.4 Å². The minimum Gasteiger partial charge on any atom is -0.437 e. The number of ether oxygens (including phenoxy) is 3. The Morgan fingerprint density at radius 2 is 1.19 bits per heavy atom. The maximum absolute atomic E-state index is 14.3. The van der Waals surface area contributed by atoms with E-state index in [1.165, 1.54) is 44.5 Å². The van der Waals surface area contributed by atoms with Crippen LogP contribution >= 0.6 is 23.2 Å². The minimum atomic E-state index is -0.861. The van der Waals surface area contributed by atoms with Crippen LogP contribution in [-0.2, 0) is 34.6 Å². The maximum atomic E-state index is 14.3. The first-order valence-corrected chi connectivity index (χ1v) is 23.4. The molecule has 14 rings (SSSR count). The van der Waals surface area contributed by atoms with E-state index in [1.54, 1.807) is 19.1 Å². The summed E-state index contributed by atoms with van der Waals surface area (Å²) in [6.45, 7) is 8.95. The monoisotopic (exact) mass is 874 g/mol. The summed E-state index contributed by atoms with van der Waals surface area (Å²) < 4.78 is 17.5. The number of piperidine rings is 2. The van der Waals surface area contributed by atoms with Gasteiger partial charge in [-0.25, -0.2) is 4.79 Å². The van der Waals surface area contributed by atoms with Gasteiger partial charge in [0.25, 0.3) is 0 Å². The molecule has 0 saturated carbocycles. The largest absolute Gasteiger partial charge is 0.437 e. The molecule has 11 heteroatoms. The molecule has 1 spiro atoms. The molecular formula is C51H56Cl2N4O5. The van der Waals surface area contributed by atoms with Gasteiger partial charge in [0.05, 0.1) is 6.10 Å². The number of hydrogen-bond donors (Lipinski definition) is 1. The molecule has 6 fully saturated rings. The van der Waals surface area contributed by atoms with E-state index in [1.807, 2.05) is 13.8 Å². The van der Waals surface area contributed by atoms with Crippen LogP contribution in [0.1, 0.15) is 95.9 Å². The minimum absolute atomic E-state index is 0.0527. The Hall–Kier alpha value is -3.80. The molecule has 6 saturated heterocycles. The quantitative estimate of drug-likeness (QED) is 0.164. The van der Waals surface area contributed by atoms with Crippen molar-refractivity contribution in [1.29, 1.82) is 0 Å². The number of nitrogens with one attached hydrogen (secondary N) is 1. The van der Waals surface area contributed by atoms with Crippen LogP contribution in [0.5, 0.6) is 0 Å². The molecule has 4 aromatic carbocycles. The molecule has 62 heavy (non-hydrogen) atoms. The molecule has 4 aromatic rings. The predicted octanol–water partition coefficient (Wildman–Crippen LogP) is 7.47. The number of rotatable bonds is 5. The van der Waals surface area contributed by atoms with Crippen molar-refractivity contribution in [3.05, 3.63) is 139 Å². The molecule has 324 valence electrons. The van der Waals surface area contributed by atoms with Crippen molar-refractivity contribution in [2.24, 2.45) is 5.41 Å². The zero-order chi connectivity index (χ0) is 42.7. The molecule has 6 aliphatic heterocycles. The van der Waals surface area contributed by atoms with E-state index in [2.05, 4.69) is 100 Å². The number of methoxy groups -OCH3 is 2. The van der Waals surface area contributed by atoms with E-state index < -0.39 is 35.0 Å². The molecule has 2 unspecified atom stereocenters. The van der Waals surface area contributed by atoms with Crippen LogP contribution < -0.4 is 5.32 Å². The molecule has 8 bridgehead atoms. The zero-order valence-electron chi connectivity index (χ0n) is 36.0. The van der Waals surface area contributed by atoms with Crippen LogP contribution in [0.4, 0.5) is 0 Å². The topological polar surface area (TPSA) is 83.6 Å². The third-order valence-corrected chi connectivity index (χ3v) is 17.1. The Kier molecular flexibility index (Phi) is 10.0. The van der Waals surface area contributed by atoms with Crippen molar-refractivity contribution < 1.29 is 23.8 Å². The number of esters is 1. The average Bonchev–Trinajstić information content (AvgIpc) is 3.88. The zero-order valence-corrected chi connectivity index (χ0v) is 37.6. The fraction of sp³-hybridized carbons (Fsp3) is 0.490. The third kappa shape index (κ3) is 5.52. The van der Waals surface area contributed by atoms with Crippen LogP contribution in [0.3, 0.4) is 0 Å². The van der Waals surface area contributed by atoms with Gasteiger partial charge in [0.15, 0.2) is 6.23 Å². The fourth-order valence-corrected chi connectivity index (χ4v) is 14.5. The number of amides is 1. The lowest BCUT2D eigenvalue weighted by Gasteiger charge is -2.55. The summed E-state index contributed by atoms with van der Waals surface area (Å²) in [7, 11) is 3.26. The van der Waals surface area contributed by atoms with Gasteiger partial charge in [-0.3, -0.25) is 10.1 Å². The van der Waals surface area contributed by atoms with Gasteiger partial charge in [0, 0.05) is 97.2 Å². The standard InChI is InChI=1S/C51H56Cl2N4O5/c1-30(60-3)27-57-35-19-23-56(24-20-35)29-50-41-12-8-6-10-37(41)45(39-16-14-33(53)26-43(39)50)51(50)44-36-9-5-7-11-40(36)49(51,42-25-32(52)13-15-38(42)44)28-55-21-17-34(18-22-55)54-46(31(2)61-4)62-48(59)47(57)58/h5-16,25-26,30-31,34-35,44-46,54H,17-24,27-29H2,1-4H3/t30-,31-,44+,45+,46?,49+,50-,51?/m1/s1. The molecule has 1 N–H and O–H groups in total. The van der Waals surface area contributed by atoms with Gasteiger partial charge >= 0.3 is 11.9 Å². The molecule has 1 amide bonds. The highest BCUT2D eigenvalue weighted by molar-refractivity contribution is 6.32. The van der Waals surface area contributed by atoms with Crippen molar-refractivity contribution in [3.8, 4) is 0 Å². The molecule has 10 aliphatic rings. The summed E-state index contributed by atoms with van der Waals surface area (Å²) in [4.78, 5) is 35.3. The molecular weight excluding hydrogens is 819 g/mol. The van der Waals surface area contributed by atoms with Crippen molar-refractivity contribution in [3.63, 3.8) is 0 Å². The highest BCUT2D eigenvalue weighted by Crippen LogP contribution is 2.87. The summed E-state index contributed by atoms with van der Waals surface area (Å²) in [5.74, 6) is -1.29. The van der Waals surface area contributed by atoms with Crippen molar-refractivity contribution in [2.75, 3.05) is 60.0 Å². The van der Waals surface area contributed by atoms with Crippen LogP contribution in [0.25, 0.3) is 0 Å². The molecule has 0 radical (unpaired) electrons. The number of fused-ring (bicyclic) bond motifs is 8. The van der Waals surface area contributed by atoms with Gasteiger partial charge in [0.2, 0.25) is 0 Å². The van der Waals surface area contributed by atoms with Crippen molar-refractivity contribution in [1.82, 2.24) is 20.0 Å². The van der Waals surface area contributed by atoms with Gasteiger partial charge < -0.3 is 28.9 Å². The van der Waals surface area contributed by atoms with Crippen LogP contribution in [0.15, 0.2) is 84.9 Å². The van der Waals surface area contributed by atoms with E-state index >= 15 is 0 Å². The first-order chi connectivity index (χ1) is 30.1. The summed E-state index contributed by atoms with van der Waals surface area (Å²) in [6.07, 6.45) is 1.58. The number of halogens is 2. The molecule has 8 atom stereocenters. The lowest BCUT2D eigenvalue weighted by Crippen LogP contribution is -2.61. The Balaban J connectivity index is 1.13. The number of benzene rings is 4. The maximum Gasteiger partial charge on any atom is 0.398 e. The number of nitrogens with zero attached hydrogens (tertiary/aromatic N) is 3. The summed E-state index contributed by atoms with van der Waals surface area (Å²) >= 11 is 14.3. The van der Waals surface area contributed by atoms with E-state index in [4.69, 9.17) is 37.4 Å². The Labute approximate surface area is 375 Å². The molecule has 9 nitrogen and oxygen atoms in total. The predicted molar refractivity (Wildman–Crippen MR) is 240 cm³/mol. The molecule has 0 aromatic heterocycles. The lowest BCUT2D eigenvalue weighted by molar-refractivity contribution is -0.173. The average molecular weight is 876 g/mol. The lowest BCUT2D eigenvalue weighted by atomic mass is 9.49. The van der Waals surface area contributed by atoms with Gasteiger partial charge in [0.1, 0.15) is 6.10 Å². The van der Waals surface area contributed by atoms with E-state index in [-0.39, 0.29) is 35.4 Å². The van der Waals surface area contributed by atoms with Crippen LogP contribution in [0.2, 0.25) is 10.0 Å². The first kappa shape index (κ1) is 40.9. The normalized spacial score (nSPS) is 35.1. The highest BCUT2D eigenvalue weighted by Gasteiger charge is 2.84. The van der Waals surface area contributed by atoms with Crippen molar-refractivity contribution >= 4 is 35.1 Å². The Morgan fingerprint density at radius 3 is 1.71 bits per heavy atom. The van der Waals surface area contributed by atoms with Crippen molar-refractivity contribution in [2.45, 2.75) is 92.7 Å². The van der Waals surface area contributed by atoms with Crippen LogP contribution in [-0.4, -0.2) is 117 Å². The molecule has 4 aliphatic carbocycles. The fourth-order valence-electron chi connectivity index (χ4n) is 14.2. The number of carbonyl (C=O) groups excluding carboxylic acids is 2. The number of hydrogen-bond acceptors (Lipinski definition) is 8. The summed E-state index contributed by atoms with van der Waals surface area (Å²) in [5, 5.41) is 5.16. The second-order valence-electron chi connectivity index (χ2n) is 19.2. The van der Waals surface area contributed by atoms with Gasteiger partial charge in [-0.05, 0) is 121 Å².